The Morgan fingerprint density at radius 2 is 1.91 bits per heavy atom. The highest BCUT2D eigenvalue weighted by Crippen LogP contribution is 2.31. The Balaban J connectivity index is 1.44. The maximum absolute atomic E-state index is 12.0. The Morgan fingerprint density at radius 3 is 2.71 bits per heavy atom. The normalized spacial score (nSPS) is 13.3. The molecular formula is C22H22N8O3S. The summed E-state index contributed by atoms with van der Waals surface area (Å²) in [6.07, 6.45) is 4.70. The van der Waals surface area contributed by atoms with Crippen molar-refractivity contribution in [1.29, 1.82) is 0 Å². The molecule has 3 aromatic heterocycles. The van der Waals surface area contributed by atoms with Gasteiger partial charge in [-0.15, -0.1) is 5.10 Å². The summed E-state index contributed by atoms with van der Waals surface area (Å²) in [4.78, 5) is 22.2. The topological polar surface area (TPSA) is 125 Å². The maximum atomic E-state index is 12.0. The van der Waals surface area contributed by atoms with E-state index in [2.05, 4.69) is 25.7 Å². The van der Waals surface area contributed by atoms with Gasteiger partial charge >= 0.3 is 0 Å². The van der Waals surface area contributed by atoms with Gasteiger partial charge in [-0.1, -0.05) is 0 Å². The van der Waals surface area contributed by atoms with E-state index >= 15 is 0 Å². The van der Waals surface area contributed by atoms with Gasteiger partial charge in [0.05, 0.1) is 30.1 Å². The molecule has 2 N–H and O–H groups in total. The summed E-state index contributed by atoms with van der Waals surface area (Å²) in [5.41, 5.74) is 3.87. The molecule has 12 heteroatoms. The lowest BCUT2D eigenvalue weighted by molar-refractivity contribution is -0.117. The van der Waals surface area contributed by atoms with Crippen molar-refractivity contribution in [3.05, 3.63) is 60.4 Å². The van der Waals surface area contributed by atoms with Crippen molar-refractivity contribution in [1.82, 2.24) is 19.6 Å². The zero-order valence-electron chi connectivity index (χ0n) is 18.7. The van der Waals surface area contributed by atoms with Crippen LogP contribution in [0.25, 0.3) is 5.52 Å². The fourth-order valence-electron chi connectivity index (χ4n) is 3.77. The van der Waals surface area contributed by atoms with E-state index in [0.717, 1.165) is 33.0 Å². The van der Waals surface area contributed by atoms with Gasteiger partial charge < -0.3 is 15.5 Å². The van der Waals surface area contributed by atoms with Crippen molar-refractivity contribution in [2.45, 2.75) is 6.42 Å². The first-order chi connectivity index (χ1) is 16.2. The molecule has 4 aromatic rings. The maximum Gasteiger partial charge on any atom is 0.245 e. The summed E-state index contributed by atoms with van der Waals surface area (Å²) in [5, 5.41) is 11.0. The summed E-state index contributed by atoms with van der Waals surface area (Å²) < 4.78 is 26.8. The molecule has 0 bridgehead atoms. The van der Waals surface area contributed by atoms with Crippen LogP contribution in [0.2, 0.25) is 0 Å². The first kappa shape index (κ1) is 21.6. The molecule has 1 amide bonds. The molecule has 0 radical (unpaired) electrons. The lowest BCUT2D eigenvalue weighted by atomic mass is 10.1. The Kier molecular flexibility index (Phi) is 5.09. The van der Waals surface area contributed by atoms with Crippen LogP contribution < -0.4 is 19.8 Å². The molecule has 0 unspecified atom stereocenters. The van der Waals surface area contributed by atoms with Crippen LogP contribution >= 0.6 is 0 Å². The zero-order chi connectivity index (χ0) is 24.0. The molecule has 0 fully saturated rings. The highest BCUT2D eigenvalue weighted by molar-refractivity contribution is 7.92. The van der Waals surface area contributed by atoms with Crippen molar-refractivity contribution < 1.29 is 13.2 Å². The predicted octanol–water partition coefficient (Wildman–Crippen LogP) is 2.53. The molecule has 0 atom stereocenters. The van der Waals surface area contributed by atoms with Crippen LogP contribution in [0.3, 0.4) is 0 Å². The molecule has 0 saturated heterocycles. The standard InChI is InChI=1S/C22H22N8O3S/c1-28-18-8-6-15(11-14(18)12-20(28)31)25-22-24-13-16-7-9-19(30(16)27-22)26-17-5-4-10-23-21(17)29(2)34(3,32)33/h4-11,13,26H,12H2,1-3H3,(H,25,27). The highest BCUT2D eigenvalue weighted by atomic mass is 32.2. The van der Waals surface area contributed by atoms with E-state index in [4.69, 9.17) is 0 Å². The lowest BCUT2D eigenvalue weighted by Gasteiger charge is -2.19. The molecule has 1 aliphatic rings. The third kappa shape index (κ3) is 3.88. The average Bonchev–Trinajstić information content (AvgIpc) is 3.32. The second kappa shape index (κ2) is 7.99. The average molecular weight is 479 g/mol. The quantitative estimate of drug-likeness (QED) is 0.433. The van der Waals surface area contributed by atoms with Crippen LogP contribution in [0, 0.1) is 0 Å². The number of anilines is 6. The molecule has 11 nitrogen and oxygen atoms in total. The summed E-state index contributed by atoms with van der Waals surface area (Å²) in [7, 11) is -0.274. The second-order valence-electron chi connectivity index (χ2n) is 7.97. The smallest absolute Gasteiger partial charge is 0.245 e. The molecule has 4 heterocycles. The molecule has 1 aromatic carbocycles. The minimum atomic E-state index is -3.49. The molecule has 0 saturated carbocycles. The first-order valence-electron chi connectivity index (χ1n) is 10.4. The number of likely N-dealkylation sites (N-methyl/N-ethyl adjacent to an activating group) is 1. The Hall–Kier alpha value is -4.19. The zero-order valence-corrected chi connectivity index (χ0v) is 19.5. The molecule has 174 valence electrons. The van der Waals surface area contributed by atoms with Gasteiger partial charge in [0.1, 0.15) is 5.82 Å². The summed E-state index contributed by atoms with van der Waals surface area (Å²) >= 11 is 0. The van der Waals surface area contributed by atoms with Crippen molar-refractivity contribution in [3.8, 4) is 0 Å². The number of pyridine rings is 1. The van der Waals surface area contributed by atoms with Crippen molar-refractivity contribution in [2.24, 2.45) is 0 Å². The van der Waals surface area contributed by atoms with Crippen molar-refractivity contribution in [3.63, 3.8) is 0 Å². The van der Waals surface area contributed by atoms with Gasteiger partial charge in [-0.25, -0.2) is 22.9 Å². The second-order valence-corrected chi connectivity index (χ2v) is 9.98. The van der Waals surface area contributed by atoms with Gasteiger partial charge in [0.15, 0.2) is 5.82 Å². The Labute approximate surface area is 196 Å². The predicted molar refractivity (Wildman–Crippen MR) is 131 cm³/mol. The number of sulfonamides is 1. The van der Waals surface area contributed by atoms with E-state index in [9.17, 15) is 13.2 Å². The number of carbonyl (C=O) groups excluding carboxylic acids is 1. The fourth-order valence-corrected chi connectivity index (χ4v) is 4.23. The van der Waals surface area contributed by atoms with Gasteiger partial charge in [-0.2, -0.15) is 0 Å². The van der Waals surface area contributed by atoms with Crippen LogP contribution in [0.15, 0.2) is 54.9 Å². The number of fused-ring (bicyclic) bond motifs is 2. The van der Waals surface area contributed by atoms with Crippen LogP contribution in [0.4, 0.5) is 34.6 Å². The van der Waals surface area contributed by atoms with E-state index in [1.807, 2.05) is 30.3 Å². The van der Waals surface area contributed by atoms with E-state index in [1.54, 1.807) is 34.8 Å². The number of hydrogen-bond acceptors (Lipinski definition) is 8. The van der Waals surface area contributed by atoms with E-state index in [0.29, 0.717) is 23.9 Å². The van der Waals surface area contributed by atoms with E-state index in [1.165, 1.54) is 13.2 Å². The van der Waals surface area contributed by atoms with E-state index < -0.39 is 10.0 Å². The molecule has 34 heavy (non-hydrogen) atoms. The van der Waals surface area contributed by atoms with Crippen LogP contribution in [-0.2, 0) is 21.2 Å². The number of amides is 1. The SMILES string of the molecule is CN1C(=O)Cc2cc(Nc3ncc4ccc(Nc5cccnc5N(C)S(C)(=O)=O)n4n3)ccc21. The molecule has 5 rings (SSSR count). The first-order valence-corrected chi connectivity index (χ1v) is 12.2. The fraction of sp³-hybridized carbons (Fsp3) is 0.182. The Morgan fingerprint density at radius 1 is 1.09 bits per heavy atom. The number of aromatic nitrogens is 4. The van der Waals surface area contributed by atoms with Crippen LogP contribution in [0.1, 0.15) is 5.56 Å². The number of nitrogens with one attached hydrogen (secondary N) is 2. The largest absolute Gasteiger partial charge is 0.337 e. The summed E-state index contributed by atoms with van der Waals surface area (Å²) in [5.74, 6) is 1.30. The minimum Gasteiger partial charge on any atom is -0.337 e. The third-order valence-corrected chi connectivity index (χ3v) is 6.82. The third-order valence-electron chi connectivity index (χ3n) is 5.66. The number of benzene rings is 1. The molecule has 0 spiro atoms. The van der Waals surface area contributed by atoms with E-state index in [-0.39, 0.29) is 11.7 Å². The molecular weight excluding hydrogens is 456 g/mol. The number of rotatable bonds is 6. The van der Waals surface area contributed by atoms with Crippen molar-refractivity contribution >= 4 is 56.1 Å². The summed E-state index contributed by atoms with van der Waals surface area (Å²) in [6, 6.07) is 12.8. The van der Waals surface area contributed by atoms with Gasteiger partial charge in [-0.3, -0.25) is 9.10 Å². The van der Waals surface area contributed by atoms with Gasteiger partial charge in [0.2, 0.25) is 21.9 Å². The van der Waals surface area contributed by atoms with Crippen LogP contribution in [0.5, 0.6) is 0 Å². The monoisotopic (exact) mass is 478 g/mol. The Bertz CT molecular complexity index is 1530. The number of carbonyl (C=O) groups is 1. The number of hydrogen-bond donors (Lipinski definition) is 2. The van der Waals surface area contributed by atoms with Crippen molar-refractivity contribution in [2.75, 3.05) is 40.2 Å². The molecule has 0 aliphatic carbocycles. The molecule has 1 aliphatic heterocycles. The van der Waals surface area contributed by atoms with Gasteiger partial charge in [0.25, 0.3) is 0 Å². The van der Waals surface area contributed by atoms with Gasteiger partial charge in [0, 0.05) is 31.7 Å². The lowest BCUT2D eigenvalue weighted by Crippen LogP contribution is -2.26. The highest BCUT2D eigenvalue weighted by Gasteiger charge is 2.24. The number of nitrogens with zero attached hydrogens (tertiary/aromatic N) is 6. The minimum absolute atomic E-state index is 0.0594. The summed E-state index contributed by atoms with van der Waals surface area (Å²) in [6.45, 7) is 0. The van der Waals surface area contributed by atoms with Gasteiger partial charge in [-0.05, 0) is 48.0 Å². The van der Waals surface area contributed by atoms with Crippen LogP contribution in [-0.4, -0.2) is 54.3 Å².